The van der Waals surface area contributed by atoms with Crippen LogP contribution in [0, 0.1) is 5.41 Å². The fraction of sp³-hybridized carbons (Fsp3) is 0.533. The van der Waals surface area contributed by atoms with E-state index in [4.69, 9.17) is 21.4 Å². The fourth-order valence-corrected chi connectivity index (χ4v) is 1.73. The summed E-state index contributed by atoms with van der Waals surface area (Å²) in [6, 6.07) is 6.87. The smallest absolute Gasteiger partial charge is 0.257 e. The molecule has 0 fully saturated rings. The topological polar surface area (TPSA) is 58.6 Å². The summed E-state index contributed by atoms with van der Waals surface area (Å²) in [6.45, 7) is 4.73. The van der Waals surface area contributed by atoms with Gasteiger partial charge in [-0.2, -0.15) is 0 Å². The highest BCUT2D eigenvalue weighted by molar-refractivity contribution is 6.30. The molecule has 0 aromatic heterocycles. The summed E-state index contributed by atoms with van der Waals surface area (Å²) in [7, 11) is 0. The van der Waals surface area contributed by atoms with Crippen LogP contribution in [0.1, 0.15) is 26.7 Å². The first-order valence-electron chi connectivity index (χ1n) is 6.69. The van der Waals surface area contributed by atoms with Gasteiger partial charge in [0.25, 0.3) is 5.91 Å². The van der Waals surface area contributed by atoms with E-state index in [0.29, 0.717) is 17.3 Å². The minimum Gasteiger partial charge on any atom is -0.484 e. The van der Waals surface area contributed by atoms with Gasteiger partial charge in [0.2, 0.25) is 0 Å². The summed E-state index contributed by atoms with van der Waals surface area (Å²) in [5.41, 5.74) is -0.0927. The molecule has 0 unspecified atom stereocenters. The van der Waals surface area contributed by atoms with E-state index in [1.807, 2.05) is 13.8 Å². The van der Waals surface area contributed by atoms with E-state index in [2.05, 4.69) is 5.32 Å². The number of hydrogen-bond acceptors (Lipinski definition) is 3. The molecule has 0 heterocycles. The number of aliphatic hydroxyl groups excluding tert-OH is 1. The normalized spacial score (nSPS) is 11.2. The van der Waals surface area contributed by atoms with Crippen LogP contribution in [0.5, 0.6) is 5.75 Å². The molecule has 0 saturated carbocycles. The van der Waals surface area contributed by atoms with E-state index in [1.54, 1.807) is 24.3 Å². The van der Waals surface area contributed by atoms with Crippen LogP contribution in [-0.2, 0) is 4.79 Å². The lowest BCUT2D eigenvalue weighted by atomic mass is 9.89. The highest BCUT2D eigenvalue weighted by Gasteiger charge is 2.15. The number of carbonyl (C=O) groups is 1. The first-order valence-corrected chi connectivity index (χ1v) is 7.07. The average molecular weight is 300 g/mol. The predicted molar refractivity (Wildman–Crippen MR) is 80.1 cm³/mol. The minimum absolute atomic E-state index is 0.00890. The molecule has 0 atom stereocenters. The molecule has 1 aromatic carbocycles. The first kappa shape index (κ1) is 16.8. The summed E-state index contributed by atoms with van der Waals surface area (Å²) < 4.78 is 5.33. The van der Waals surface area contributed by atoms with Gasteiger partial charge in [-0.1, -0.05) is 25.4 Å². The van der Waals surface area contributed by atoms with Crippen LogP contribution in [0.4, 0.5) is 0 Å². The molecule has 4 nitrogen and oxygen atoms in total. The van der Waals surface area contributed by atoms with Crippen molar-refractivity contribution in [3.8, 4) is 5.75 Å². The third-order valence-electron chi connectivity index (χ3n) is 2.96. The van der Waals surface area contributed by atoms with Crippen molar-refractivity contribution in [2.24, 2.45) is 5.41 Å². The maximum Gasteiger partial charge on any atom is 0.257 e. The zero-order valence-corrected chi connectivity index (χ0v) is 12.7. The number of benzene rings is 1. The van der Waals surface area contributed by atoms with E-state index in [9.17, 15) is 4.79 Å². The van der Waals surface area contributed by atoms with E-state index < -0.39 is 0 Å². The lowest BCUT2D eigenvalue weighted by Crippen LogP contribution is -2.30. The van der Waals surface area contributed by atoms with Crippen LogP contribution in [-0.4, -0.2) is 30.8 Å². The van der Waals surface area contributed by atoms with Crippen molar-refractivity contribution in [3.05, 3.63) is 29.3 Å². The Morgan fingerprint density at radius 1 is 1.35 bits per heavy atom. The molecule has 0 bridgehead atoms. The van der Waals surface area contributed by atoms with Crippen molar-refractivity contribution >= 4 is 17.5 Å². The quantitative estimate of drug-likeness (QED) is 0.726. The Morgan fingerprint density at radius 2 is 2.00 bits per heavy atom. The molecule has 1 amide bonds. The molecule has 0 aliphatic rings. The van der Waals surface area contributed by atoms with Crippen molar-refractivity contribution in [2.75, 3.05) is 19.8 Å². The molecular formula is C15H22ClNO3. The van der Waals surface area contributed by atoms with Gasteiger partial charge in [-0.15, -0.1) is 0 Å². The summed E-state index contributed by atoms with van der Waals surface area (Å²) in [5, 5.41) is 12.5. The van der Waals surface area contributed by atoms with E-state index in [1.165, 1.54) is 0 Å². The maximum atomic E-state index is 11.6. The third kappa shape index (κ3) is 6.78. The molecule has 2 N–H and O–H groups in total. The molecule has 0 spiro atoms. The van der Waals surface area contributed by atoms with Gasteiger partial charge in [0.1, 0.15) is 5.75 Å². The predicted octanol–water partition coefficient (Wildman–Crippen LogP) is 2.63. The molecule has 0 aliphatic carbocycles. The standard InChI is InChI=1S/C15H22ClNO3/c1-15(2,11-18)8-3-9-17-14(19)10-20-13-6-4-12(16)5-7-13/h4-7,18H,3,8-11H2,1-2H3,(H,17,19). The van der Waals surface area contributed by atoms with E-state index in [-0.39, 0.29) is 24.5 Å². The maximum absolute atomic E-state index is 11.6. The van der Waals surface area contributed by atoms with Gasteiger partial charge in [0, 0.05) is 18.2 Å². The van der Waals surface area contributed by atoms with Crippen molar-refractivity contribution in [2.45, 2.75) is 26.7 Å². The van der Waals surface area contributed by atoms with Gasteiger partial charge in [0.05, 0.1) is 0 Å². The van der Waals surface area contributed by atoms with Crippen molar-refractivity contribution in [1.82, 2.24) is 5.32 Å². The Morgan fingerprint density at radius 3 is 2.60 bits per heavy atom. The van der Waals surface area contributed by atoms with Gasteiger partial charge in [-0.3, -0.25) is 4.79 Å². The summed E-state index contributed by atoms with van der Waals surface area (Å²) in [6.07, 6.45) is 1.70. The Kier molecular flexibility index (Phi) is 6.82. The zero-order valence-electron chi connectivity index (χ0n) is 12.0. The van der Waals surface area contributed by atoms with Crippen molar-refractivity contribution < 1.29 is 14.6 Å². The Labute approximate surface area is 125 Å². The first-order chi connectivity index (χ1) is 9.43. The van der Waals surface area contributed by atoms with Gasteiger partial charge >= 0.3 is 0 Å². The van der Waals surface area contributed by atoms with E-state index >= 15 is 0 Å². The third-order valence-corrected chi connectivity index (χ3v) is 3.22. The summed E-state index contributed by atoms with van der Waals surface area (Å²) >= 11 is 5.75. The second-order valence-corrected chi connectivity index (χ2v) is 5.95. The number of ether oxygens (including phenoxy) is 1. The van der Waals surface area contributed by atoms with Gasteiger partial charge in [0.15, 0.2) is 6.61 Å². The number of hydrogen-bond donors (Lipinski definition) is 2. The molecule has 5 heteroatoms. The van der Waals surface area contributed by atoms with Gasteiger partial charge in [-0.25, -0.2) is 0 Å². The second-order valence-electron chi connectivity index (χ2n) is 5.52. The van der Waals surface area contributed by atoms with Crippen LogP contribution in [0.2, 0.25) is 5.02 Å². The minimum atomic E-state index is -0.151. The van der Waals surface area contributed by atoms with Crippen molar-refractivity contribution in [1.29, 1.82) is 0 Å². The Bertz CT molecular complexity index is 418. The van der Waals surface area contributed by atoms with Gasteiger partial charge < -0.3 is 15.2 Å². The number of aliphatic hydroxyl groups is 1. The largest absolute Gasteiger partial charge is 0.484 e. The van der Waals surface area contributed by atoms with Crippen LogP contribution in [0.3, 0.4) is 0 Å². The Hall–Kier alpha value is -1.26. The number of rotatable bonds is 8. The number of halogens is 1. The molecular weight excluding hydrogens is 278 g/mol. The SMILES string of the molecule is CC(C)(CO)CCCNC(=O)COc1ccc(Cl)cc1. The Balaban J connectivity index is 2.16. The summed E-state index contributed by atoms with van der Waals surface area (Å²) in [4.78, 5) is 11.6. The number of nitrogens with one attached hydrogen (secondary N) is 1. The van der Waals surface area contributed by atoms with Crippen LogP contribution in [0.25, 0.3) is 0 Å². The van der Waals surface area contributed by atoms with Gasteiger partial charge in [-0.05, 0) is 42.5 Å². The molecule has 0 saturated heterocycles. The molecule has 1 aromatic rings. The second kappa shape index (κ2) is 8.12. The highest BCUT2D eigenvalue weighted by atomic mass is 35.5. The van der Waals surface area contributed by atoms with Crippen molar-refractivity contribution in [3.63, 3.8) is 0 Å². The summed E-state index contributed by atoms with van der Waals surface area (Å²) in [5.74, 6) is 0.465. The molecule has 0 aliphatic heterocycles. The molecule has 0 radical (unpaired) electrons. The molecule has 20 heavy (non-hydrogen) atoms. The zero-order chi connectivity index (χ0) is 15.0. The molecule has 112 valence electrons. The average Bonchev–Trinajstić information content (AvgIpc) is 2.43. The molecule has 1 rings (SSSR count). The van der Waals surface area contributed by atoms with Crippen LogP contribution >= 0.6 is 11.6 Å². The lowest BCUT2D eigenvalue weighted by Gasteiger charge is -2.21. The van der Waals surface area contributed by atoms with Crippen LogP contribution < -0.4 is 10.1 Å². The number of amides is 1. The number of carbonyl (C=O) groups excluding carboxylic acids is 1. The lowest BCUT2D eigenvalue weighted by molar-refractivity contribution is -0.123. The van der Waals surface area contributed by atoms with Crippen LogP contribution in [0.15, 0.2) is 24.3 Å². The van der Waals surface area contributed by atoms with E-state index in [0.717, 1.165) is 12.8 Å². The fourth-order valence-electron chi connectivity index (χ4n) is 1.60. The monoisotopic (exact) mass is 299 g/mol. The highest BCUT2D eigenvalue weighted by Crippen LogP contribution is 2.20.